The maximum atomic E-state index is 12.3. The summed E-state index contributed by atoms with van der Waals surface area (Å²) in [5.41, 5.74) is 2.07. The van der Waals surface area contributed by atoms with Crippen LogP contribution in [0.5, 0.6) is 0 Å². The zero-order chi connectivity index (χ0) is 17.8. The Bertz CT molecular complexity index is 898. The number of nitrogens with zero attached hydrogens (tertiary/aromatic N) is 3. The largest absolute Gasteiger partial charge is 0.348 e. The SMILES string of the molecule is O=C(NC1CCCCC1)c1cnc(Nc2cccc3cccnc23)cn1. The first-order valence-electron chi connectivity index (χ1n) is 9.03. The van der Waals surface area contributed by atoms with Gasteiger partial charge in [-0.05, 0) is 25.0 Å². The average Bonchev–Trinajstić information content (AvgIpc) is 2.70. The van der Waals surface area contributed by atoms with Gasteiger partial charge in [-0.25, -0.2) is 9.97 Å². The maximum Gasteiger partial charge on any atom is 0.271 e. The number of anilines is 2. The fraction of sp³-hybridized carbons (Fsp3) is 0.300. The van der Waals surface area contributed by atoms with Gasteiger partial charge >= 0.3 is 0 Å². The number of para-hydroxylation sites is 1. The van der Waals surface area contributed by atoms with E-state index in [4.69, 9.17) is 0 Å². The van der Waals surface area contributed by atoms with E-state index >= 15 is 0 Å². The summed E-state index contributed by atoms with van der Waals surface area (Å²) in [4.78, 5) is 25.3. The average molecular weight is 347 g/mol. The Kier molecular flexibility index (Phi) is 4.73. The van der Waals surface area contributed by atoms with Crippen molar-refractivity contribution in [2.24, 2.45) is 0 Å². The minimum absolute atomic E-state index is 0.150. The molecule has 2 heterocycles. The van der Waals surface area contributed by atoms with Gasteiger partial charge in [-0.2, -0.15) is 0 Å². The van der Waals surface area contributed by atoms with Crippen LogP contribution in [0.4, 0.5) is 11.5 Å². The standard InChI is InChI=1S/C20H21N5O/c26-20(24-15-8-2-1-3-9-15)17-12-23-18(13-22-17)25-16-10-4-6-14-7-5-11-21-19(14)16/h4-7,10-13,15H,1-3,8-9H2,(H,23,25)(H,24,26). The number of pyridine rings is 1. The molecular weight excluding hydrogens is 326 g/mol. The van der Waals surface area contributed by atoms with Crippen LogP contribution in [-0.2, 0) is 0 Å². The molecule has 1 aromatic carbocycles. The van der Waals surface area contributed by atoms with Crippen LogP contribution < -0.4 is 10.6 Å². The highest BCUT2D eigenvalue weighted by molar-refractivity contribution is 5.93. The normalized spacial score (nSPS) is 14.9. The smallest absolute Gasteiger partial charge is 0.271 e. The van der Waals surface area contributed by atoms with Gasteiger partial charge in [0.15, 0.2) is 0 Å². The molecule has 1 aliphatic rings. The Morgan fingerprint density at radius 1 is 0.962 bits per heavy atom. The van der Waals surface area contributed by atoms with Crippen molar-refractivity contribution >= 4 is 28.3 Å². The van der Waals surface area contributed by atoms with E-state index in [0.717, 1.165) is 29.4 Å². The van der Waals surface area contributed by atoms with E-state index in [1.807, 2.05) is 30.3 Å². The summed E-state index contributed by atoms with van der Waals surface area (Å²) in [7, 11) is 0. The molecule has 6 nitrogen and oxygen atoms in total. The van der Waals surface area contributed by atoms with Crippen LogP contribution in [0.2, 0.25) is 0 Å². The van der Waals surface area contributed by atoms with E-state index in [9.17, 15) is 4.79 Å². The van der Waals surface area contributed by atoms with Gasteiger partial charge in [0, 0.05) is 17.6 Å². The Morgan fingerprint density at radius 3 is 2.62 bits per heavy atom. The van der Waals surface area contributed by atoms with Gasteiger partial charge in [0.1, 0.15) is 11.5 Å². The molecule has 0 radical (unpaired) electrons. The van der Waals surface area contributed by atoms with Gasteiger partial charge in [-0.3, -0.25) is 9.78 Å². The topological polar surface area (TPSA) is 79.8 Å². The molecule has 6 heteroatoms. The highest BCUT2D eigenvalue weighted by Gasteiger charge is 2.17. The van der Waals surface area contributed by atoms with Crippen molar-refractivity contribution in [3.05, 3.63) is 54.6 Å². The predicted octanol–water partition coefficient (Wildman–Crippen LogP) is 3.83. The predicted molar refractivity (Wildman–Crippen MR) is 101 cm³/mol. The van der Waals surface area contributed by atoms with E-state index in [-0.39, 0.29) is 11.9 Å². The van der Waals surface area contributed by atoms with Crippen LogP contribution >= 0.6 is 0 Å². The summed E-state index contributed by atoms with van der Waals surface area (Å²) in [6, 6.07) is 10.1. The van der Waals surface area contributed by atoms with E-state index in [1.54, 1.807) is 12.4 Å². The van der Waals surface area contributed by atoms with E-state index in [0.29, 0.717) is 11.5 Å². The lowest BCUT2D eigenvalue weighted by atomic mass is 9.95. The van der Waals surface area contributed by atoms with Gasteiger partial charge in [0.25, 0.3) is 5.91 Å². The number of hydrogen-bond acceptors (Lipinski definition) is 5. The summed E-state index contributed by atoms with van der Waals surface area (Å²) < 4.78 is 0. The molecule has 2 N–H and O–H groups in total. The summed E-state index contributed by atoms with van der Waals surface area (Å²) in [6.45, 7) is 0. The molecule has 4 rings (SSSR count). The van der Waals surface area contributed by atoms with Crippen LogP contribution in [0.3, 0.4) is 0 Å². The molecule has 0 saturated heterocycles. The minimum Gasteiger partial charge on any atom is -0.348 e. The highest BCUT2D eigenvalue weighted by atomic mass is 16.1. The number of carbonyl (C=O) groups excluding carboxylic acids is 1. The molecule has 0 unspecified atom stereocenters. The first-order valence-corrected chi connectivity index (χ1v) is 9.03. The molecule has 0 aliphatic heterocycles. The van der Waals surface area contributed by atoms with Crippen LogP contribution in [-0.4, -0.2) is 26.9 Å². The molecule has 0 spiro atoms. The third kappa shape index (κ3) is 3.64. The summed E-state index contributed by atoms with van der Waals surface area (Å²) in [5.74, 6) is 0.431. The van der Waals surface area contributed by atoms with Gasteiger partial charge < -0.3 is 10.6 Å². The van der Waals surface area contributed by atoms with E-state index < -0.39 is 0 Å². The van der Waals surface area contributed by atoms with Gasteiger partial charge in [-0.1, -0.05) is 37.5 Å². The first kappa shape index (κ1) is 16.4. The van der Waals surface area contributed by atoms with Gasteiger partial charge in [-0.15, -0.1) is 0 Å². The number of nitrogens with one attached hydrogen (secondary N) is 2. The molecule has 1 saturated carbocycles. The summed E-state index contributed by atoms with van der Waals surface area (Å²) in [5, 5.41) is 7.33. The van der Waals surface area contributed by atoms with Crippen LogP contribution in [0.15, 0.2) is 48.9 Å². The van der Waals surface area contributed by atoms with Crippen molar-refractivity contribution in [1.29, 1.82) is 0 Å². The first-order chi connectivity index (χ1) is 12.8. The highest BCUT2D eigenvalue weighted by Crippen LogP contribution is 2.23. The van der Waals surface area contributed by atoms with Crippen molar-refractivity contribution < 1.29 is 4.79 Å². The molecule has 0 atom stereocenters. The van der Waals surface area contributed by atoms with Crippen molar-refractivity contribution in [3.8, 4) is 0 Å². The van der Waals surface area contributed by atoms with E-state index in [2.05, 4.69) is 25.6 Å². The van der Waals surface area contributed by atoms with Crippen molar-refractivity contribution in [3.63, 3.8) is 0 Å². The molecule has 26 heavy (non-hydrogen) atoms. The Labute approximate surface area is 152 Å². The van der Waals surface area contributed by atoms with Crippen molar-refractivity contribution in [2.45, 2.75) is 38.1 Å². The third-order valence-electron chi connectivity index (χ3n) is 4.72. The van der Waals surface area contributed by atoms with Crippen molar-refractivity contribution in [2.75, 3.05) is 5.32 Å². The second-order valence-corrected chi connectivity index (χ2v) is 6.60. The molecule has 1 aliphatic carbocycles. The lowest BCUT2D eigenvalue weighted by molar-refractivity contribution is 0.0922. The summed E-state index contributed by atoms with van der Waals surface area (Å²) >= 11 is 0. The second kappa shape index (κ2) is 7.47. The molecule has 132 valence electrons. The third-order valence-corrected chi connectivity index (χ3v) is 4.72. The number of rotatable bonds is 4. The molecule has 3 aromatic rings. The monoisotopic (exact) mass is 347 g/mol. The number of fused-ring (bicyclic) bond motifs is 1. The lowest BCUT2D eigenvalue weighted by Crippen LogP contribution is -2.36. The van der Waals surface area contributed by atoms with Crippen molar-refractivity contribution in [1.82, 2.24) is 20.3 Å². The Hall–Kier alpha value is -3.02. The van der Waals surface area contributed by atoms with Crippen LogP contribution in [0.25, 0.3) is 10.9 Å². The number of carbonyl (C=O) groups is 1. The lowest BCUT2D eigenvalue weighted by Gasteiger charge is -2.22. The molecule has 1 fully saturated rings. The number of hydrogen-bond donors (Lipinski definition) is 2. The zero-order valence-corrected chi connectivity index (χ0v) is 14.5. The Morgan fingerprint density at radius 2 is 1.81 bits per heavy atom. The quantitative estimate of drug-likeness (QED) is 0.750. The number of benzene rings is 1. The second-order valence-electron chi connectivity index (χ2n) is 6.60. The Balaban J connectivity index is 1.46. The fourth-order valence-corrected chi connectivity index (χ4v) is 3.36. The minimum atomic E-state index is -0.150. The maximum absolute atomic E-state index is 12.3. The zero-order valence-electron chi connectivity index (χ0n) is 14.5. The molecule has 0 bridgehead atoms. The molecule has 1 amide bonds. The van der Waals surface area contributed by atoms with Gasteiger partial charge in [0.05, 0.1) is 23.6 Å². The van der Waals surface area contributed by atoms with Crippen LogP contribution in [0, 0.1) is 0 Å². The fourth-order valence-electron chi connectivity index (χ4n) is 3.36. The molecule has 2 aromatic heterocycles. The van der Waals surface area contributed by atoms with Crippen LogP contribution in [0.1, 0.15) is 42.6 Å². The van der Waals surface area contributed by atoms with E-state index in [1.165, 1.54) is 25.5 Å². The number of amides is 1. The van der Waals surface area contributed by atoms with Gasteiger partial charge in [0.2, 0.25) is 0 Å². The number of aromatic nitrogens is 3. The summed E-state index contributed by atoms with van der Waals surface area (Å²) in [6.07, 6.45) is 10.6. The molecular formula is C20H21N5O.